The second-order valence-electron chi connectivity index (χ2n) is 4.82. The number of benzene rings is 1. The van der Waals surface area contributed by atoms with E-state index in [1.165, 1.54) is 0 Å². The van der Waals surface area contributed by atoms with Crippen LogP contribution in [0, 0.1) is 0 Å². The van der Waals surface area contributed by atoms with Crippen LogP contribution in [0.1, 0.15) is 6.92 Å². The summed E-state index contributed by atoms with van der Waals surface area (Å²) >= 11 is 0. The number of rotatable bonds is 4. The highest BCUT2D eigenvalue weighted by Crippen LogP contribution is 2.20. The van der Waals surface area contributed by atoms with Crippen LogP contribution >= 0.6 is 0 Å². The number of morpholine rings is 1. The van der Waals surface area contributed by atoms with Crippen LogP contribution in [-0.4, -0.2) is 51.4 Å². The lowest BCUT2D eigenvalue weighted by Gasteiger charge is -2.32. The summed E-state index contributed by atoms with van der Waals surface area (Å²) < 4.78 is 30.0. The fraction of sp³-hybridized carbons (Fsp3) is 0.538. The first kappa shape index (κ1) is 14.3. The molecule has 1 saturated heterocycles. The fourth-order valence-corrected chi connectivity index (χ4v) is 4.03. The number of anilines is 1. The minimum atomic E-state index is -3.35. The number of nitrogens with two attached hydrogens (primary N) is 1. The van der Waals surface area contributed by atoms with Gasteiger partial charge in [-0.25, -0.2) is 8.42 Å². The number of para-hydroxylation sites is 1. The van der Waals surface area contributed by atoms with Crippen LogP contribution in [0.25, 0.3) is 0 Å². The van der Waals surface area contributed by atoms with Crippen molar-refractivity contribution in [1.29, 1.82) is 0 Å². The minimum absolute atomic E-state index is 0.0338. The van der Waals surface area contributed by atoms with Crippen molar-refractivity contribution in [2.24, 2.45) is 0 Å². The number of hydrogen-bond donors (Lipinski definition) is 1. The summed E-state index contributed by atoms with van der Waals surface area (Å²) in [6.07, 6.45) is 0. The highest BCUT2D eigenvalue weighted by molar-refractivity contribution is 7.91. The largest absolute Gasteiger partial charge is 0.398 e. The fourth-order valence-electron chi connectivity index (χ4n) is 2.29. The molecule has 1 aliphatic heterocycles. The van der Waals surface area contributed by atoms with Gasteiger partial charge in [-0.3, -0.25) is 4.90 Å². The first-order valence-electron chi connectivity index (χ1n) is 6.40. The van der Waals surface area contributed by atoms with E-state index >= 15 is 0 Å². The number of ether oxygens (including phenoxy) is 1. The van der Waals surface area contributed by atoms with Crippen molar-refractivity contribution in [3.63, 3.8) is 0 Å². The standard InChI is InChI=1S/C13H20N2O3S/c1-11(15-6-8-18-9-7-15)10-19(16,17)13-5-3-2-4-12(13)14/h2-5,11H,6-10,14H2,1H3/t11-/m0/s1. The van der Waals surface area contributed by atoms with Crippen molar-refractivity contribution in [1.82, 2.24) is 4.90 Å². The molecule has 1 aromatic rings. The maximum absolute atomic E-state index is 12.4. The molecule has 0 radical (unpaired) electrons. The molecule has 0 unspecified atom stereocenters. The SMILES string of the molecule is C[C@@H](CS(=O)(=O)c1ccccc1N)N1CCOCC1. The van der Waals surface area contributed by atoms with Gasteiger partial charge < -0.3 is 10.5 Å². The summed E-state index contributed by atoms with van der Waals surface area (Å²) in [5.41, 5.74) is 6.06. The van der Waals surface area contributed by atoms with Gasteiger partial charge in [0.05, 0.1) is 29.5 Å². The molecular weight excluding hydrogens is 264 g/mol. The van der Waals surface area contributed by atoms with Gasteiger partial charge in [-0.1, -0.05) is 12.1 Å². The second kappa shape index (κ2) is 5.90. The molecule has 0 aromatic heterocycles. The summed E-state index contributed by atoms with van der Waals surface area (Å²) in [5.74, 6) is 0.0845. The normalized spacial score (nSPS) is 19.2. The van der Waals surface area contributed by atoms with Crippen molar-refractivity contribution in [2.45, 2.75) is 17.9 Å². The van der Waals surface area contributed by atoms with E-state index < -0.39 is 9.84 Å². The molecule has 0 bridgehead atoms. The van der Waals surface area contributed by atoms with E-state index in [4.69, 9.17) is 10.5 Å². The first-order valence-corrected chi connectivity index (χ1v) is 8.05. The third kappa shape index (κ3) is 3.46. The Hall–Kier alpha value is -1.11. The van der Waals surface area contributed by atoms with Crippen LogP contribution in [0.15, 0.2) is 29.2 Å². The lowest BCUT2D eigenvalue weighted by Crippen LogP contribution is -2.45. The second-order valence-corrected chi connectivity index (χ2v) is 6.82. The summed E-state index contributed by atoms with van der Waals surface area (Å²) in [4.78, 5) is 2.37. The van der Waals surface area contributed by atoms with Gasteiger partial charge in [0.2, 0.25) is 0 Å². The van der Waals surface area contributed by atoms with Gasteiger partial charge in [0, 0.05) is 19.1 Å². The Morgan fingerprint density at radius 3 is 2.58 bits per heavy atom. The molecule has 1 heterocycles. The number of hydrogen-bond acceptors (Lipinski definition) is 5. The van der Waals surface area contributed by atoms with Gasteiger partial charge in [0.1, 0.15) is 0 Å². The maximum atomic E-state index is 12.4. The lowest BCUT2D eigenvalue weighted by atomic mass is 10.3. The van der Waals surface area contributed by atoms with Crippen LogP contribution < -0.4 is 5.73 Å². The summed E-state index contributed by atoms with van der Waals surface area (Å²) in [6, 6.07) is 6.58. The number of nitrogens with zero attached hydrogens (tertiary/aromatic N) is 1. The van der Waals surface area contributed by atoms with Crippen molar-refractivity contribution in [3.8, 4) is 0 Å². The summed E-state index contributed by atoms with van der Waals surface area (Å²) in [6.45, 7) is 4.82. The van der Waals surface area contributed by atoms with Crippen LogP contribution in [0.5, 0.6) is 0 Å². The molecule has 1 fully saturated rings. The van der Waals surface area contributed by atoms with E-state index in [0.29, 0.717) is 18.9 Å². The molecule has 0 saturated carbocycles. The zero-order valence-electron chi connectivity index (χ0n) is 11.1. The van der Waals surface area contributed by atoms with E-state index in [-0.39, 0.29) is 16.7 Å². The Morgan fingerprint density at radius 2 is 1.95 bits per heavy atom. The van der Waals surface area contributed by atoms with E-state index in [0.717, 1.165) is 13.1 Å². The third-order valence-corrected chi connectivity index (χ3v) is 5.35. The smallest absolute Gasteiger partial charge is 0.181 e. The zero-order valence-corrected chi connectivity index (χ0v) is 11.9. The molecule has 0 spiro atoms. The first-order chi connectivity index (χ1) is 9.00. The number of sulfone groups is 1. The zero-order chi connectivity index (χ0) is 13.9. The van der Waals surface area contributed by atoms with Crippen molar-refractivity contribution >= 4 is 15.5 Å². The van der Waals surface area contributed by atoms with Gasteiger partial charge in [0.25, 0.3) is 0 Å². The average Bonchev–Trinajstić information content (AvgIpc) is 2.39. The lowest BCUT2D eigenvalue weighted by molar-refractivity contribution is 0.0243. The Bertz CT molecular complexity index is 524. The van der Waals surface area contributed by atoms with E-state index in [2.05, 4.69) is 4.90 Å². The Kier molecular flexibility index (Phi) is 4.44. The van der Waals surface area contributed by atoms with Gasteiger partial charge in [0.15, 0.2) is 9.84 Å². The molecule has 2 N–H and O–H groups in total. The van der Waals surface area contributed by atoms with Gasteiger partial charge in [-0.2, -0.15) is 0 Å². The molecule has 6 heteroatoms. The van der Waals surface area contributed by atoms with Crippen LogP contribution in [-0.2, 0) is 14.6 Å². The Morgan fingerprint density at radius 1 is 1.32 bits per heavy atom. The molecule has 1 atom stereocenters. The highest BCUT2D eigenvalue weighted by atomic mass is 32.2. The van der Waals surface area contributed by atoms with Crippen LogP contribution in [0.2, 0.25) is 0 Å². The Labute approximate surface area is 114 Å². The van der Waals surface area contributed by atoms with Crippen LogP contribution in [0.4, 0.5) is 5.69 Å². The predicted octanol–water partition coefficient (Wildman–Crippen LogP) is 0.763. The molecule has 106 valence electrons. The van der Waals surface area contributed by atoms with Crippen molar-refractivity contribution in [2.75, 3.05) is 37.8 Å². The van der Waals surface area contributed by atoms with E-state index in [1.807, 2.05) is 6.92 Å². The molecule has 5 nitrogen and oxygen atoms in total. The Balaban J connectivity index is 2.11. The monoisotopic (exact) mass is 284 g/mol. The predicted molar refractivity (Wildman–Crippen MR) is 74.8 cm³/mol. The molecule has 0 aliphatic carbocycles. The van der Waals surface area contributed by atoms with Gasteiger partial charge >= 0.3 is 0 Å². The summed E-state index contributed by atoms with van der Waals surface area (Å²) in [5, 5.41) is 0. The molecule has 1 aliphatic rings. The molecule has 1 aromatic carbocycles. The summed E-state index contributed by atoms with van der Waals surface area (Å²) in [7, 11) is -3.35. The van der Waals surface area contributed by atoms with Crippen molar-refractivity contribution in [3.05, 3.63) is 24.3 Å². The number of nitrogen functional groups attached to an aromatic ring is 1. The van der Waals surface area contributed by atoms with E-state index in [9.17, 15) is 8.42 Å². The van der Waals surface area contributed by atoms with Crippen molar-refractivity contribution < 1.29 is 13.2 Å². The topological polar surface area (TPSA) is 72.6 Å². The van der Waals surface area contributed by atoms with Gasteiger partial charge in [-0.15, -0.1) is 0 Å². The van der Waals surface area contributed by atoms with Gasteiger partial charge in [-0.05, 0) is 19.1 Å². The van der Waals surface area contributed by atoms with E-state index in [1.54, 1.807) is 24.3 Å². The maximum Gasteiger partial charge on any atom is 0.181 e. The third-order valence-electron chi connectivity index (χ3n) is 3.38. The van der Waals surface area contributed by atoms with Crippen LogP contribution in [0.3, 0.4) is 0 Å². The highest BCUT2D eigenvalue weighted by Gasteiger charge is 2.25. The molecular formula is C13H20N2O3S. The average molecular weight is 284 g/mol. The quantitative estimate of drug-likeness (QED) is 0.827. The minimum Gasteiger partial charge on any atom is -0.398 e. The molecule has 0 amide bonds. The molecule has 19 heavy (non-hydrogen) atoms. The molecule has 2 rings (SSSR count).